The summed E-state index contributed by atoms with van der Waals surface area (Å²) in [5.74, 6) is -0.879. The second kappa shape index (κ2) is 6.20. The molecule has 1 amide bonds. The zero-order chi connectivity index (χ0) is 17.5. The van der Waals surface area contributed by atoms with E-state index in [1.165, 1.54) is 28.4 Å². The summed E-state index contributed by atoms with van der Waals surface area (Å²) < 4.78 is 5.41. The van der Waals surface area contributed by atoms with Crippen LogP contribution in [-0.4, -0.2) is 65.7 Å². The molecule has 0 aromatic carbocycles. The molecule has 9 nitrogen and oxygen atoms in total. The number of rotatable bonds is 4. The van der Waals surface area contributed by atoms with E-state index in [1.54, 1.807) is 20.8 Å². The Morgan fingerprint density at radius 3 is 2.83 bits per heavy atom. The normalized spacial score (nSPS) is 20.8. The van der Waals surface area contributed by atoms with Crippen LogP contribution in [0, 0.1) is 0 Å². The second-order valence-electron chi connectivity index (χ2n) is 6.15. The summed E-state index contributed by atoms with van der Waals surface area (Å²) in [6.45, 7) is 5.24. The molecule has 0 bridgehead atoms. The Balaban J connectivity index is 1.87. The molecule has 3 heterocycles. The van der Waals surface area contributed by atoms with Gasteiger partial charge in [0.2, 0.25) is 5.16 Å². The molecule has 2 aliphatic rings. The second-order valence-corrected chi connectivity index (χ2v) is 8.18. The van der Waals surface area contributed by atoms with E-state index in [-0.39, 0.29) is 5.70 Å². The number of β-lactam (4-membered cyclic amide) rings is 1. The molecule has 2 aliphatic heterocycles. The number of fused-ring (bicyclic) bond motifs is 1. The van der Waals surface area contributed by atoms with E-state index in [1.807, 2.05) is 0 Å². The van der Waals surface area contributed by atoms with Gasteiger partial charge >= 0.3 is 5.97 Å². The zero-order valence-electron chi connectivity index (χ0n) is 13.2. The fourth-order valence-corrected chi connectivity index (χ4v) is 4.29. The molecule has 1 atom stereocenters. The molecule has 0 radical (unpaired) electrons. The summed E-state index contributed by atoms with van der Waals surface area (Å²) in [5, 5.41) is 13.2. The van der Waals surface area contributed by atoms with Gasteiger partial charge in [-0.05, 0) is 36.8 Å². The van der Waals surface area contributed by atoms with Gasteiger partial charge in [0.1, 0.15) is 11.3 Å². The van der Waals surface area contributed by atoms with E-state index in [2.05, 4.69) is 20.6 Å². The highest BCUT2D eigenvalue weighted by Gasteiger charge is 2.53. The number of ketones is 1. The molecular formula is C13H15N5O4S2. The maximum absolute atomic E-state index is 12.6. The molecule has 1 aromatic heterocycles. The number of carbonyl (C=O) groups is 3. The molecule has 24 heavy (non-hydrogen) atoms. The maximum Gasteiger partial charge on any atom is 0.355 e. The smallest absolute Gasteiger partial charge is 0.355 e. The van der Waals surface area contributed by atoms with E-state index >= 15 is 0 Å². The Bertz CT molecular complexity index is 725. The van der Waals surface area contributed by atoms with Crippen molar-refractivity contribution in [1.82, 2.24) is 25.5 Å². The van der Waals surface area contributed by atoms with Gasteiger partial charge < -0.3 is 4.74 Å². The quantitative estimate of drug-likeness (QED) is 0.347. The van der Waals surface area contributed by atoms with Crippen molar-refractivity contribution in [2.45, 2.75) is 36.9 Å². The maximum atomic E-state index is 12.6. The van der Waals surface area contributed by atoms with Crippen molar-refractivity contribution in [3.8, 4) is 0 Å². The molecular weight excluding hydrogens is 354 g/mol. The monoisotopic (exact) mass is 369 g/mol. The Labute approximate surface area is 145 Å². The Hall–Kier alpha value is -1.88. The van der Waals surface area contributed by atoms with E-state index < -0.39 is 28.6 Å². The minimum Gasteiger partial charge on any atom is -0.455 e. The molecule has 1 saturated heterocycles. The van der Waals surface area contributed by atoms with Gasteiger partial charge in [-0.3, -0.25) is 14.5 Å². The van der Waals surface area contributed by atoms with E-state index in [9.17, 15) is 14.4 Å². The average molecular weight is 369 g/mol. The van der Waals surface area contributed by atoms with Crippen molar-refractivity contribution in [1.29, 1.82) is 0 Å². The first-order valence-electron chi connectivity index (χ1n) is 7.09. The number of nitrogens with one attached hydrogen (secondary N) is 1. The number of hydrogen-bond acceptors (Lipinski definition) is 9. The van der Waals surface area contributed by atoms with E-state index in [0.29, 0.717) is 22.2 Å². The van der Waals surface area contributed by atoms with Crippen LogP contribution in [0.25, 0.3) is 0 Å². The Morgan fingerprint density at radius 1 is 1.46 bits per heavy atom. The van der Waals surface area contributed by atoms with Gasteiger partial charge in [0, 0.05) is 11.5 Å². The largest absolute Gasteiger partial charge is 0.455 e. The third-order valence-corrected chi connectivity index (χ3v) is 5.38. The highest BCUT2D eigenvalue weighted by Crippen LogP contribution is 2.39. The number of amides is 1. The molecule has 0 aliphatic carbocycles. The molecule has 0 unspecified atom stereocenters. The summed E-state index contributed by atoms with van der Waals surface area (Å²) >= 11 is 2.63. The van der Waals surface area contributed by atoms with Crippen molar-refractivity contribution in [3.05, 3.63) is 11.3 Å². The molecule has 128 valence electrons. The van der Waals surface area contributed by atoms with Crippen LogP contribution in [0.4, 0.5) is 0 Å². The molecule has 1 aromatic rings. The Kier molecular flexibility index (Phi) is 4.38. The molecule has 0 spiro atoms. The first-order chi connectivity index (χ1) is 11.3. The van der Waals surface area contributed by atoms with Crippen LogP contribution >= 0.6 is 23.5 Å². The van der Waals surface area contributed by atoms with Crippen molar-refractivity contribution in [2.75, 3.05) is 11.5 Å². The van der Waals surface area contributed by atoms with Crippen molar-refractivity contribution < 1.29 is 19.1 Å². The van der Waals surface area contributed by atoms with Gasteiger partial charge in [-0.2, -0.15) is 0 Å². The van der Waals surface area contributed by atoms with Crippen molar-refractivity contribution in [2.24, 2.45) is 0 Å². The lowest BCUT2D eigenvalue weighted by molar-refractivity contribution is -0.161. The average Bonchev–Trinajstić information content (AvgIpc) is 3.02. The number of Topliss-reactive ketones (excluding diaryl/α,β-unsaturated/α-hetero) is 1. The third-order valence-electron chi connectivity index (χ3n) is 3.18. The van der Waals surface area contributed by atoms with Crippen molar-refractivity contribution in [3.63, 3.8) is 0 Å². The number of thioether (sulfide) groups is 2. The number of esters is 1. The van der Waals surface area contributed by atoms with Gasteiger partial charge in [-0.1, -0.05) is 11.8 Å². The predicted octanol–water partition coefficient (Wildman–Crippen LogP) is 0.372. The molecule has 11 heteroatoms. The summed E-state index contributed by atoms with van der Waals surface area (Å²) in [5.41, 5.74) is 0.181. The van der Waals surface area contributed by atoms with Crippen LogP contribution < -0.4 is 0 Å². The lowest BCUT2D eigenvalue weighted by atomic mass is 10.1. The third kappa shape index (κ3) is 3.18. The standard InChI is InChI=1S/C13H15N5O4S2/c1-13(2,3)22-11(21)7-6(5-24-12-14-16-17-15-12)4-23-10-8(19)9(20)18(7)10/h10H,4-5H2,1-3H3,(H,14,15,16,17)/t10-/m0/s1. The molecule has 1 fully saturated rings. The fraction of sp³-hybridized carbons (Fsp3) is 0.538. The van der Waals surface area contributed by atoms with E-state index in [4.69, 9.17) is 4.74 Å². The van der Waals surface area contributed by atoms with Gasteiger partial charge in [0.05, 0.1) is 0 Å². The summed E-state index contributed by atoms with van der Waals surface area (Å²) in [6, 6.07) is 0. The lowest BCUT2D eigenvalue weighted by Crippen LogP contribution is -2.62. The summed E-state index contributed by atoms with van der Waals surface area (Å²) in [4.78, 5) is 37.4. The van der Waals surface area contributed by atoms with Crippen molar-refractivity contribution >= 4 is 41.2 Å². The van der Waals surface area contributed by atoms with Gasteiger partial charge in [-0.15, -0.1) is 16.9 Å². The van der Waals surface area contributed by atoms with Crippen LogP contribution in [0.15, 0.2) is 16.4 Å². The molecule has 3 rings (SSSR count). The lowest BCUT2D eigenvalue weighted by Gasteiger charge is -2.43. The molecule has 1 N–H and O–H groups in total. The highest BCUT2D eigenvalue weighted by molar-refractivity contribution is 8.01. The number of nitrogens with zero attached hydrogens (tertiary/aromatic N) is 4. The van der Waals surface area contributed by atoms with Crippen LogP contribution in [0.5, 0.6) is 0 Å². The minimum atomic E-state index is -0.699. The number of hydrogen-bond donors (Lipinski definition) is 1. The van der Waals surface area contributed by atoms with Gasteiger partial charge in [0.25, 0.3) is 11.7 Å². The number of tetrazole rings is 1. The van der Waals surface area contributed by atoms with Gasteiger partial charge in [-0.25, -0.2) is 9.89 Å². The van der Waals surface area contributed by atoms with Crippen LogP contribution in [0.1, 0.15) is 20.8 Å². The van der Waals surface area contributed by atoms with Crippen LogP contribution in [0.3, 0.4) is 0 Å². The summed E-state index contributed by atoms with van der Waals surface area (Å²) in [7, 11) is 0. The number of H-pyrrole nitrogens is 1. The van der Waals surface area contributed by atoms with Crippen LogP contribution in [-0.2, 0) is 19.1 Å². The highest BCUT2D eigenvalue weighted by atomic mass is 32.2. The predicted molar refractivity (Wildman–Crippen MR) is 85.9 cm³/mol. The first-order valence-corrected chi connectivity index (χ1v) is 9.12. The SMILES string of the molecule is CC(C)(C)OC(=O)C1=C(CSc2nnn[nH]2)CS[C@H]2C(=O)C(=O)N12. The number of aromatic nitrogens is 4. The minimum absolute atomic E-state index is 0.165. The Morgan fingerprint density at radius 2 is 2.21 bits per heavy atom. The zero-order valence-corrected chi connectivity index (χ0v) is 14.9. The number of aromatic amines is 1. The summed E-state index contributed by atoms with van der Waals surface area (Å²) in [6.07, 6.45) is 0. The number of carbonyl (C=O) groups excluding carboxylic acids is 3. The topological polar surface area (TPSA) is 118 Å². The number of ether oxygens (including phenoxy) is 1. The van der Waals surface area contributed by atoms with E-state index in [0.717, 1.165) is 0 Å². The van der Waals surface area contributed by atoms with Gasteiger partial charge in [0.15, 0.2) is 5.37 Å². The first kappa shape index (κ1) is 17.0. The van der Waals surface area contributed by atoms with Crippen LogP contribution in [0.2, 0.25) is 0 Å². The fourth-order valence-electron chi connectivity index (χ4n) is 2.22. The molecule has 0 saturated carbocycles.